The minimum Gasteiger partial charge on any atom is -0.494 e. The first-order valence-corrected chi connectivity index (χ1v) is 14.5. The van der Waals surface area contributed by atoms with Crippen molar-refractivity contribution in [3.05, 3.63) is 78.4 Å². The van der Waals surface area contributed by atoms with Crippen molar-refractivity contribution in [2.75, 3.05) is 27.2 Å². The Bertz CT molecular complexity index is 1400. The largest absolute Gasteiger partial charge is 0.494 e. The third kappa shape index (κ3) is 6.76. The zero-order chi connectivity index (χ0) is 26.5. The lowest BCUT2D eigenvalue weighted by Crippen LogP contribution is -2.45. The first-order valence-electron chi connectivity index (χ1n) is 11.1. The molecular formula is C25H29N3O6S2. The second-order valence-corrected chi connectivity index (χ2v) is 11.7. The predicted molar refractivity (Wildman–Crippen MR) is 141 cm³/mol. The van der Waals surface area contributed by atoms with E-state index >= 15 is 0 Å². The molecule has 2 N–H and O–H groups in total. The molecule has 3 rings (SSSR count). The number of carbonyl (C=O) groups excluding carboxylic acids is 1. The average molecular weight is 532 g/mol. The third-order valence-corrected chi connectivity index (χ3v) is 7.87. The van der Waals surface area contributed by atoms with E-state index in [1.54, 1.807) is 48.5 Å². The number of ether oxygens (including phenoxy) is 1. The Morgan fingerprint density at radius 1 is 0.889 bits per heavy atom. The molecule has 0 aliphatic rings. The smallest absolute Gasteiger partial charge is 0.261 e. The highest BCUT2D eigenvalue weighted by Gasteiger charge is 2.29. The van der Waals surface area contributed by atoms with Crippen molar-refractivity contribution in [1.29, 1.82) is 0 Å². The van der Waals surface area contributed by atoms with Crippen LogP contribution in [-0.2, 0) is 24.8 Å². The van der Waals surface area contributed by atoms with Crippen LogP contribution in [0.2, 0.25) is 0 Å². The van der Waals surface area contributed by atoms with Gasteiger partial charge in [-0.25, -0.2) is 16.8 Å². The van der Waals surface area contributed by atoms with E-state index in [1.807, 2.05) is 13.8 Å². The van der Waals surface area contributed by atoms with Crippen molar-refractivity contribution in [2.45, 2.75) is 31.7 Å². The number of carbonyl (C=O) groups is 1. The van der Waals surface area contributed by atoms with Gasteiger partial charge in [-0.3, -0.25) is 13.8 Å². The molecule has 0 aliphatic heterocycles. The van der Waals surface area contributed by atoms with E-state index in [0.29, 0.717) is 29.4 Å². The summed E-state index contributed by atoms with van der Waals surface area (Å²) >= 11 is 0. The monoisotopic (exact) mass is 531 g/mol. The van der Waals surface area contributed by atoms with Crippen molar-refractivity contribution >= 4 is 43.0 Å². The maximum absolute atomic E-state index is 12.9. The van der Waals surface area contributed by atoms with Crippen molar-refractivity contribution in [3.63, 3.8) is 0 Å². The first kappa shape index (κ1) is 27.0. The van der Waals surface area contributed by atoms with Gasteiger partial charge >= 0.3 is 0 Å². The number of anilines is 3. The molecule has 36 heavy (non-hydrogen) atoms. The van der Waals surface area contributed by atoms with Gasteiger partial charge in [-0.05, 0) is 81.4 Å². The van der Waals surface area contributed by atoms with Crippen molar-refractivity contribution in [1.82, 2.24) is 0 Å². The molecule has 3 aromatic rings. The summed E-state index contributed by atoms with van der Waals surface area (Å²) in [5, 5.41) is 2.65. The Morgan fingerprint density at radius 2 is 1.44 bits per heavy atom. The molecule has 0 fully saturated rings. The number of hydrogen-bond acceptors (Lipinski definition) is 6. The van der Waals surface area contributed by atoms with Gasteiger partial charge in [0.15, 0.2) is 0 Å². The van der Waals surface area contributed by atoms with Gasteiger partial charge in [-0.1, -0.05) is 17.7 Å². The summed E-state index contributed by atoms with van der Waals surface area (Å²) in [6, 6.07) is 17.9. The number of benzene rings is 3. The summed E-state index contributed by atoms with van der Waals surface area (Å²) in [6.45, 7) is 5.72. The second kappa shape index (κ2) is 11.0. The highest BCUT2D eigenvalue weighted by atomic mass is 32.2. The molecule has 1 amide bonds. The van der Waals surface area contributed by atoms with Crippen molar-refractivity contribution < 1.29 is 26.4 Å². The number of aryl methyl sites for hydroxylation is 1. The topological polar surface area (TPSA) is 122 Å². The molecule has 3 aromatic carbocycles. The summed E-state index contributed by atoms with van der Waals surface area (Å²) < 4.78 is 59.2. The van der Waals surface area contributed by atoms with E-state index in [2.05, 4.69) is 10.0 Å². The van der Waals surface area contributed by atoms with Crippen LogP contribution in [0, 0.1) is 6.92 Å². The van der Waals surface area contributed by atoms with Crippen LogP contribution in [0.1, 0.15) is 19.4 Å². The summed E-state index contributed by atoms with van der Waals surface area (Å²) in [5.74, 6) is 0.0655. The lowest BCUT2D eigenvalue weighted by molar-refractivity contribution is -0.116. The molecule has 0 bridgehead atoms. The van der Waals surface area contributed by atoms with Gasteiger partial charge in [0.05, 0.1) is 23.4 Å². The SMILES string of the molecule is CCOc1ccc(NS(=O)(=O)c2ccc(NC(=O)[C@H](C)N(c3ccc(C)cc3)S(C)(=O)=O)cc2)cc1. The molecular weight excluding hydrogens is 502 g/mol. The van der Waals surface area contributed by atoms with Crippen LogP contribution in [0.5, 0.6) is 5.75 Å². The fourth-order valence-electron chi connectivity index (χ4n) is 3.46. The summed E-state index contributed by atoms with van der Waals surface area (Å²) in [7, 11) is -7.62. The van der Waals surface area contributed by atoms with E-state index in [4.69, 9.17) is 4.74 Å². The van der Waals surface area contributed by atoms with Crippen LogP contribution in [0.15, 0.2) is 77.7 Å². The van der Waals surface area contributed by atoms with Crippen LogP contribution in [0.3, 0.4) is 0 Å². The Morgan fingerprint density at radius 3 is 1.97 bits per heavy atom. The van der Waals surface area contributed by atoms with Crippen molar-refractivity contribution in [3.8, 4) is 5.75 Å². The summed E-state index contributed by atoms with van der Waals surface area (Å²) in [5.41, 5.74) is 2.02. The predicted octanol–water partition coefficient (Wildman–Crippen LogP) is 3.99. The second-order valence-electron chi connectivity index (χ2n) is 8.15. The minimum absolute atomic E-state index is 0.000139. The van der Waals surface area contributed by atoms with Crippen LogP contribution >= 0.6 is 0 Å². The lowest BCUT2D eigenvalue weighted by atomic mass is 10.2. The molecule has 0 heterocycles. The normalized spacial score (nSPS) is 12.4. The van der Waals surface area contributed by atoms with E-state index < -0.39 is 32.0 Å². The minimum atomic E-state index is -3.86. The number of rotatable bonds is 10. The molecule has 11 heteroatoms. The quantitative estimate of drug-likeness (QED) is 0.408. The van der Waals surface area contributed by atoms with Crippen molar-refractivity contribution in [2.24, 2.45) is 0 Å². The Hall–Kier alpha value is -3.57. The number of nitrogens with zero attached hydrogens (tertiary/aromatic N) is 1. The Labute approximate surface area is 212 Å². The number of sulfonamides is 2. The third-order valence-electron chi connectivity index (χ3n) is 5.23. The molecule has 0 unspecified atom stereocenters. The number of nitrogens with one attached hydrogen (secondary N) is 2. The molecule has 0 saturated heterocycles. The first-order chi connectivity index (χ1) is 16.9. The average Bonchev–Trinajstić information content (AvgIpc) is 2.81. The molecule has 0 saturated carbocycles. The summed E-state index contributed by atoms with van der Waals surface area (Å²) in [6.07, 6.45) is 1.04. The van der Waals surface area contributed by atoms with Crippen LogP contribution in [0.4, 0.5) is 17.1 Å². The fourth-order valence-corrected chi connectivity index (χ4v) is 5.70. The highest BCUT2D eigenvalue weighted by Crippen LogP contribution is 2.23. The van der Waals surface area contributed by atoms with Crippen LogP contribution < -0.4 is 19.1 Å². The Balaban J connectivity index is 1.72. The van der Waals surface area contributed by atoms with Crippen LogP contribution in [-0.4, -0.2) is 41.6 Å². The van der Waals surface area contributed by atoms with E-state index in [1.165, 1.54) is 31.2 Å². The van der Waals surface area contributed by atoms with Gasteiger partial charge in [-0.2, -0.15) is 0 Å². The molecule has 192 valence electrons. The maximum atomic E-state index is 12.9. The highest BCUT2D eigenvalue weighted by molar-refractivity contribution is 7.92. The number of hydrogen-bond donors (Lipinski definition) is 2. The molecule has 0 radical (unpaired) electrons. The van der Waals surface area contributed by atoms with E-state index in [0.717, 1.165) is 16.1 Å². The molecule has 0 spiro atoms. The van der Waals surface area contributed by atoms with Gasteiger partial charge in [0, 0.05) is 11.4 Å². The standard InChI is InChI=1S/C25H29N3O6S2/c1-5-34-23-14-8-21(9-15-23)27-36(32,33)24-16-10-20(11-17-24)26-25(29)19(3)28(35(4,30)31)22-12-6-18(2)7-13-22/h6-17,19,27H,5H2,1-4H3,(H,26,29)/t19-/m0/s1. The lowest BCUT2D eigenvalue weighted by Gasteiger charge is -2.28. The molecule has 1 atom stereocenters. The van der Waals surface area contributed by atoms with E-state index in [-0.39, 0.29) is 4.90 Å². The molecule has 0 aliphatic carbocycles. The summed E-state index contributed by atoms with van der Waals surface area (Å²) in [4.78, 5) is 12.9. The molecule has 9 nitrogen and oxygen atoms in total. The van der Waals surface area contributed by atoms with Gasteiger partial charge < -0.3 is 10.1 Å². The van der Waals surface area contributed by atoms with Crippen LogP contribution in [0.25, 0.3) is 0 Å². The Kier molecular flexibility index (Phi) is 8.26. The van der Waals surface area contributed by atoms with Gasteiger partial charge in [-0.15, -0.1) is 0 Å². The zero-order valence-corrected chi connectivity index (χ0v) is 22.1. The fraction of sp³-hybridized carbons (Fsp3) is 0.240. The van der Waals surface area contributed by atoms with Gasteiger partial charge in [0.1, 0.15) is 11.8 Å². The van der Waals surface area contributed by atoms with Gasteiger partial charge in [0.2, 0.25) is 15.9 Å². The number of amides is 1. The molecule has 0 aromatic heterocycles. The zero-order valence-electron chi connectivity index (χ0n) is 20.4. The van der Waals surface area contributed by atoms with Gasteiger partial charge in [0.25, 0.3) is 10.0 Å². The maximum Gasteiger partial charge on any atom is 0.261 e. The van der Waals surface area contributed by atoms with E-state index in [9.17, 15) is 21.6 Å².